The highest BCUT2D eigenvalue weighted by atomic mass is 16.4. The molecule has 6 heteroatoms. The maximum absolute atomic E-state index is 10.8. The third-order valence-electron chi connectivity index (χ3n) is 1.96. The van der Waals surface area contributed by atoms with Gasteiger partial charge in [0.1, 0.15) is 11.4 Å². The van der Waals surface area contributed by atoms with Gasteiger partial charge in [0.2, 0.25) is 0 Å². The zero-order valence-electron chi connectivity index (χ0n) is 7.40. The van der Waals surface area contributed by atoms with Crippen LogP contribution in [0.2, 0.25) is 0 Å². The van der Waals surface area contributed by atoms with Crippen LogP contribution in [0.1, 0.15) is 23.2 Å². The van der Waals surface area contributed by atoms with Gasteiger partial charge in [-0.3, -0.25) is 0 Å². The van der Waals surface area contributed by atoms with Crippen LogP contribution in [0.3, 0.4) is 0 Å². The molecule has 1 aliphatic carbocycles. The molecule has 2 rings (SSSR count). The van der Waals surface area contributed by atoms with E-state index in [0.717, 1.165) is 12.8 Å². The Morgan fingerprint density at radius 3 is 2.86 bits per heavy atom. The first-order chi connectivity index (χ1) is 6.66. The van der Waals surface area contributed by atoms with Crippen LogP contribution in [-0.4, -0.2) is 27.3 Å². The van der Waals surface area contributed by atoms with Gasteiger partial charge in [0.25, 0.3) is 0 Å². The SMILES string of the molecule is Nc1cc(C(=O)O)c(NC2CC2)nn1. The molecule has 0 amide bonds. The van der Waals surface area contributed by atoms with Crippen molar-refractivity contribution in [2.24, 2.45) is 0 Å². The zero-order valence-corrected chi connectivity index (χ0v) is 7.40. The van der Waals surface area contributed by atoms with Crippen molar-refractivity contribution in [3.8, 4) is 0 Å². The minimum absolute atomic E-state index is 0.0735. The van der Waals surface area contributed by atoms with Crippen LogP contribution in [-0.2, 0) is 0 Å². The minimum Gasteiger partial charge on any atom is -0.478 e. The second-order valence-electron chi connectivity index (χ2n) is 3.26. The largest absolute Gasteiger partial charge is 0.478 e. The maximum atomic E-state index is 10.8. The van der Waals surface area contributed by atoms with Crippen LogP contribution >= 0.6 is 0 Å². The van der Waals surface area contributed by atoms with Crippen molar-refractivity contribution in [2.45, 2.75) is 18.9 Å². The Balaban J connectivity index is 2.31. The maximum Gasteiger partial charge on any atom is 0.339 e. The Bertz CT molecular complexity index is 376. The molecule has 0 saturated heterocycles. The van der Waals surface area contributed by atoms with Crippen LogP contribution in [0.5, 0.6) is 0 Å². The average molecular weight is 194 g/mol. The molecule has 0 unspecified atom stereocenters. The lowest BCUT2D eigenvalue weighted by Gasteiger charge is -2.05. The number of nitrogens with one attached hydrogen (secondary N) is 1. The molecule has 1 aromatic rings. The molecule has 14 heavy (non-hydrogen) atoms. The van der Waals surface area contributed by atoms with Gasteiger partial charge in [-0.1, -0.05) is 0 Å². The van der Waals surface area contributed by atoms with Crippen molar-refractivity contribution in [3.05, 3.63) is 11.6 Å². The van der Waals surface area contributed by atoms with Crippen molar-refractivity contribution >= 4 is 17.6 Å². The normalized spacial score (nSPS) is 15.1. The Morgan fingerprint density at radius 2 is 2.29 bits per heavy atom. The predicted octanol–water partition coefficient (Wildman–Crippen LogP) is 0.331. The van der Waals surface area contributed by atoms with Gasteiger partial charge < -0.3 is 16.2 Å². The number of carboxylic acids is 1. The third kappa shape index (κ3) is 1.73. The second-order valence-corrected chi connectivity index (χ2v) is 3.26. The van der Waals surface area contributed by atoms with E-state index >= 15 is 0 Å². The van der Waals surface area contributed by atoms with E-state index in [0.29, 0.717) is 11.9 Å². The van der Waals surface area contributed by atoms with Gasteiger partial charge in [0.15, 0.2) is 5.82 Å². The molecule has 1 aliphatic rings. The summed E-state index contributed by atoms with van der Waals surface area (Å²) in [6.07, 6.45) is 2.09. The van der Waals surface area contributed by atoms with Crippen molar-refractivity contribution in [2.75, 3.05) is 11.1 Å². The second kappa shape index (κ2) is 3.13. The van der Waals surface area contributed by atoms with E-state index in [4.69, 9.17) is 10.8 Å². The van der Waals surface area contributed by atoms with Crippen molar-refractivity contribution < 1.29 is 9.90 Å². The Morgan fingerprint density at radius 1 is 1.57 bits per heavy atom. The number of aromatic nitrogens is 2. The van der Waals surface area contributed by atoms with Crippen LogP contribution < -0.4 is 11.1 Å². The van der Waals surface area contributed by atoms with Crippen LogP contribution in [0.4, 0.5) is 11.6 Å². The summed E-state index contributed by atoms with van der Waals surface area (Å²) in [5.41, 5.74) is 5.42. The fraction of sp³-hybridized carbons (Fsp3) is 0.375. The van der Waals surface area contributed by atoms with Crippen molar-refractivity contribution in [1.82, 2.24) is 10.2 Å². The molecule has 1 aromatic heterocycles. The number of nitrogens with zero attached hydrogens (tertiary/aromatic N) is 2. The summed E-state index contributed by atoms with van der Waals surface area (Å²) in [6.45, 7) is 0. The topological polar surface area (TPSA) is 101 Å². The number of carbonyl (C=O) groups is 1. The van der Waals surface area contributed by atoms with E-state index in [9.17, 15) is 4.79 Å². The number of rotatable bonds is 3. The molecular weight excluding hydrogens is 184 g/mol. The van der Waals surface area contributed by atoms with Crippen LogP contribution in [0, 0.1) is 0 Å². The summed E-state index contributed by atoms with van der Waals surface area (Å²) < 4.78 is 0. The molecule has 74 valence electrons. The van der Waals surface area contributed by atoms with E-state index in [-0.39, 0.29) is 11.4 Å². The first kappa shape index (κ1) is 8.74. The van der Waals surface area contributed by atoms with Gasteiger partial charge in [-0.05, 0) is 12.8 Å². The Labute approximate surface area is 80.1 Å². The minimum atomic E-state index is -1.05. The third-order valence-corrected chi connectivity index (χ3v) is 1.96. The van der Waals surface area contributed by atoms with E-state index in [1.54, 1.807) is 0 Å². The summed E-state index contributed by atoms with van der Waals surface area (Å²) in [5.74, 6) is -0.632. The van der Waals surface area contributed by atoms with Gasteiger partial charge in [0.05, 0.1) is 0 Å². The molecular formula is C8H10N4O2. The smallest absolute Gasteiger partial charge is 0.339 e. The molecule has 0 aromatic carbocycles. The number of hydrogen-bond acceptors (Lipinski definition) is 5. The summed E-state index contributed by atoms with van der Waals surface area (Å²) >= 11 is 0. The van der Waals surface area contributed by atoms with Gasteiger partial charge in [-0.15, -0.1) is 10.2 Å². The lowest BCUT2D eigenvalue weighted by atomic mass is 10.2. The Kier molecular flexibility index (Phi) is 1.95. The Hall–Kier alpha value is -1.85. The van der Waals surface area contributed by atoms with Gasteiger partial charge in [0, 0.05) is 12.1 Å². The highest BCUT2D eigenvalue weighted by Gasteiger charge is 2.24. The van der Waals surface area contributed by atoms with Gasteiger partial charge in [-0.25, -0.2) is 4.79 Å². The van der Waals surface area contributed by atoms with E-state index in [1.807, 2.05) is 0 Å². The molecule has 0 atom stereocenters. The summed E-state index contributed by atoms with van der Waals surface area (Å²) in [6, 6.07) is 1.64. The predicted molar refractivity (Wildman–Crippen MR) is 50.0 cm³/mol. The number of anilines is 2. The lowest BCUT2D eigenvalue weighted by Crippen LogP contribution is -2.12. The standard InChI is InChI=1S/C8H10N4O2/c9-6-3-5(8(13)14)7(12-11-6)10-4-1-2-4/h3-4H,1-2H2,(H2,9,11)(H,10,12)(H,13,14). The molecule has 1 heterocycles. The number of nitrogen functional groups attached to an aromatic ring is 1. The van der Waals surface area contributed by atoms with Crippen LogP contribution in [0.15, 0.2) is 6.07 Å². The van der Waals surface area contributed by atoms with E-state index in [2.05, 4.69) is 15.5 Å². The first-order valence-corrected chi connectivity index (χ1v) is 4.30. The summed E-state index contributed by atoms with van der Waals surface area (Å²) in [4.78, 5) is 10.8. The van der Waals surface area contributed by atoms with E-state index < -0.39 is 5.97 Å². The highest BCUT2D eigenvalue weighted by molar-refractivity contribution is 5.93. The summed E-state index contributed by atoms with van der Waals surface area (Å²) in [7, 11) is 0. The first-order valence-electron chi connectivity index (χ1n) is 4.30. The molecule has 6 nitrogen and oxygen atoms in total. The molecule has 1 fully saturated rings. The molecule has 0 spiro atoms. The molecule has 0 bridgehead atoms. The highest BCUT2D eigenvalue weighted by Crippen LogP contribution is 2.25. The monoisotopic (exact) mass is 194 g/mol. The van der Waals surface area contributed by atoms with Crippen molar-refractivity contribution in [1.29, 1.82) is 0 Å². The molecule has 0 aliphatic heterocycles. The molecule has 0 radical (unpaired) electrons. The number of hydrogen-bond donors (Lipinski definition) is 3. The number of nitrogens with two attached hydrogens (primary N) is 1. The lowest BCUT2D eigenvalue weighted by molar-refractivity contribution is 0.0697. The fourth-order valence-corrected chi connectivity index (χ4v) is 1.10. The fourth-order valence-electron chi connectivity index (χ4n) is 1.10. The average Bonchev–Trinajstić information content (AvgIpc) is 2.91. The molecule has 1 saturated carbocycles. The number of aromatic carboxylic acids is 1. The van der Waals surface area contributed by atoms with E-state index in [1.165, 1.54) is 6.07 Å². The molecule has 4 N–H and O–H groups in total. The quantitative estimate of drug-likeness (QED) is 0.641. The summed E-state index contributed by atoms with van der Waals surface area (Å²) in [5, 5.41) is 19.2. The number of carboxylic acid groups (broad SMARTS) is 1. The van der Waals surface area contributed by atoms with Crippen LogP contribution in [0.25, 0.3) is 0 Å². The van der Waals surface area contributed by atoms with Gasteiger partial charge in [-0.2, -0.15) is 0 Å². The zero-order chi connectivity index (χ0) is 10.1. The van der Waals surface area contributed by atoms with Crippen molar-refractivity contribution in [3.63, 3.8) is 0 Å². The van der Waals surface area contributed by atoms with Gasteiger partial charge >= 0.3 is 5.97 Å².